The number of amides is 2. The van der Waals surface area contributed by atoms with Gasteiger partial charge >= 0.3 is 12.0 Å². The summed E-state index contributed by atoms with van der Waals surface area (Å²) in [5, 5.41) is 11.5. The average molecular weight is 264 g/mol. The molecule has 5 nitrogen and oxygen atoms in total. The van der Waals surface area contributed by atoms with Crippen LogP contribution in [0.15, 0.2) is 24.3 Å². The normalized spacial score (nSPS) is 10.9. The van der Waals surface area contributed by atoms with Crippen molar-refractivity contribution in [2.45, 2.75) is 32.9 Å². The van der Waals surface area contributed by atoms with Crippen molar-refractivity contribution < 1.29 is 14.7 Å². The first-order valence-electron chi connectivity index (χ1n) is 6.05. The van der Waals surface area contributed by atoms with Gasteiger partial charge < -0.3 is 15.3 Å². The molecular weight excluding hydrogens is 244 g/mol. The van der Waals surface area contributed by atoms with E-state index in [0.29, 0.717) is 6.54 Å². The first kappa shape index (κ1) is 15.0. The Hall–Kier alpha value is -2.04. The lowest BCUT2D eigenvalue weighted by Crippen LogP contribution is -2.53. The lowest BCUT2D eigenvalue weighted by molar-refractivity contribution is -0.143. The summed E-state index contributed by atoms with van der Waals surface area (Å²) >= 11 is 0. The number of benzene rings is 1. The van der Waals surface area contributed by atoms with E-state index in [1.807, 2.05) is 31.2 Å². The fourth-order valence-electron chi connectivity index (χ4n) is 1.53. The molecule has 0 aliphatic rings. The van der Waals surface area contributed by atoms with Crippen LogP contribution in [-0.2, 0) is 11.3 Å². The van der Waals surface area contributed by atoms with Gasteiger partial charge in [-0.25, -0.2) is 9.59 Å². The highest BCUT2D eigenvalue weighted by Crippen LogP contribution is 2.10. The van der Waals surface area contributed by atoms with Gasteiger partial charge in [0.15, 0.2) is 0 Å². The molecule has 0 saturated carbocycles. The fourth-order valence-corrected chi connectivity index (χ4v) is 1.53. The van der Waals surface area contributed by atoms with E-state index < -0.39 is 17.5 Å². The number of nitrogens with zero attached hydrogens (tertiary/aromatic N) is 1. The number of rotatable bonds is 4. The average Bonchev–Trinajstić information content (AvgIpc) is 2.31. The zero-order valence-corrected chi connectivity index (χ0v) is 11.7. The second-order valence-electron chi connectivity index (χ2n) is 5.14. The van der Waals surface area contributed by atoms with Crippen molar-refractivity contribution in [2.24, 2.45) is 0 Å². The number of carbonyl (C=O) groups is 2. The molecule has 104 valence electrons. The van der Waals surface area contributed by atoms with E-state index in [9.17, 15) is 9.59 Å². The Morgan fingerprint density at radius 2 is 1.89 bits per heavy atom. The maximum atomic E-state index is 11.9. The van der Waals surface area contributed by atoms with Crippen LogP contribution < -0.4 is 5.32 Å². The number of carboxylic acids is 1. The van der Waals surface area contributed by atoms with Crippen LogP contribution >= 0.6 is 0 Å². The smallest absolute Gasteiger partial charge is 0.328 e. The zero-order valence-electron chi connectivity index (χ0n) is 11.7. The minimum Gasteiger partial charge on any atom is -0.480 e. The molecule has 0 bridgehead atoms. The van der Waals surface area contributed by atoms with Crippen LogP contribution in [0.2, 0.25) is 0 Å². The molecule has 0 unspecified atom stereocenters. The van der Waals surface area contributed by atoms with Crippen LogP contribution in [0.1, 0.15) is 25.0 Å². The summed E-state index contributed by atoms with van der Waals surface area (Å²) in [6.07, 6.45) is 0. The molecule has 0 fully saturated rings. The Balaban J connectivity index is 2.69. The minimum absolute atomic E-state index is 0.407. The van der Waals surface area contributed by atoms with Crippen LogP contribution in [-0.4, -0.2) is 34.6 Å². The SMILES string of the molecule is Cc1ccccc1CN(C)C(=O)NC(C)(C)C(=O)O. The summed E-state index contributed by atoms with van der Waals surface area (Å²) in [6, 6.07) is 7.36. The first-order chi connectivity index (χ1) is 8.74. The largest absolute Gasteiger partial charge is 0.480 e. The standard InChI is InChI=1S/C14H20N2O3/c1-10-7-5-6-8-11(10)9-16(4)13(19)15-14(2,3)12(17)18/h5-8H,9H2,1-4H3,(H,15,19)(H,17,18). The van der Waals surface area contributed by atoms with E-state index in [1.165, 1.54) is 18.7 Å². The maximum absolute atomic E-state index is 11.9. The highest BCUT2D eigenvalue weighted by atomic mass is 16.4. The van der Waals surface area contributed by atoms with Gasteiger partial charge in [0, 0.05) is 13.6 Å². The van der Waals surface area contributed by atoms with Crippen LogP contribution in [0.5, 0.6) is 0 Å². The summed E-state index contributed by atoms with van der Waals surface area (Å²) in [4.78, 5) is 24.4. The second kappa shape index (κ2) is 5.73. The van der Waals surface area contributed by atoms with Crippen molar-refractivity contribution in [3.05, 3.63) is 35.4 Å². The number of aryl methyl sites for hydroxylation is 1. The molecule has 2 N–H and O–H groups in total. The van der Waals surface area contributed by atoms with Gasteiger partial charge in [0.1, 0.15) is 5.54 Å². The van der Waals surface area contributed by atoms with Crippen molar-refractivity contribution >= 4 is 12.0 Å². The van der Waals surface area contributed by atoms with Gasteiger partial charge in [0.05, 0.1) is 0 Å². The Morgan fingerprint density at radius 3 is 2.42 bits per heavy atom. The topological polar surface area (TPSA) is 69.6 Å². The number of hydrogen-bond donors (Lipinski definition) is 2. The molecule has 19 heavy (non-hydrogen) atoms. The molecule has 0 aliphatic carbocycles. The van der Waals surface area contributed by atoms with E-state index in [4.69, 9.17) is 5.11 Å². The van der Waals surface area contributed by atoms with Crippen molar-refractivity contribution in [1.82, 2.24) is 10.2 Å². The zero-order chi connectivity index (χ0) is 14.6. The molecule has 0 spiro atoms. The summed E-state index contributed by atoms with van der Waals surface area (Å²) in [6.45, 7) is 5.32. The monoisotopic (exact) mass is 264 g/mol. The molecule has 0 saturated heterocycles. The predicted molar refractivity (Wildman–Crippen MR) is 72.9 cm³/mol. The fraction of sp³-hybridized carbons (Fsp3) is 0.429. The minimum atomic E-state index is -1.28. The molecule has 1 rings (SSSR count). The molecule has 0 atom stereocenters. The Morgan fingerprint density at radius 1 is 1.32 bits per heavy atom. The van der Waals surface area contributed by atoms with Crippen LogP contribution in [0.3, 0.4) is 0 Å². The van der Waals surface area contributed by atoms with Gasteiger partial charge in [-0.05, 0) is 31.9 Å². The Labute approximate surface area is 113 Å². The van der Waals surface area contributed by atoms with E-state index >= 15 is 0 Å². The van der Waals surface area contributed by atoms with E-state index in [0.717, 1.165) is 11.1 Å². The Kier molecular flexibility index (Phi) is 4.53. The van der Waals surface area contributed by atoms with E-state index in [1.54, 1.807) is 7.05 Å². The highest BCUT2D eigenvalue weighted by Gasteiger charge is 2.30. The number of aliphatic carboxylic acids is 1. The van der Waals surface area contributed by atoms with E-state index in [-0.39, 0.29) is 0 Å². The number of carboxylic acid groups (broad SMARTS) is 1. The Bertz CT molecular complexity index is 483. The first-order valence-corrected chi connectivity index (χ1v) is 6.05. The number of carbonyl (C=O) groups excluding carboxylic acids is 1. The number of hydrogen-bond acceptors (Lipinski definition) is 2. The summed E-state index contributed by atoms with van der Waals surface area (Å²) < 4.78 is 0. The molecule has 1 aromatic carbocycles. The molecule has 0 aromatic heterocycles. The molecule has 2 amide bonds. The molecular formula is C14H20N2O3. The lowest BCUT2D eigenvalue weighted by Gasteiger charge is -2.26. The number of nitrogens with one attached hydrogen (secondary N) is 1. The number of urea groups is 1. The summed E-state index contributed by atoms with van der Waals surface area (Å²) in [5.41, 5.74) is 0.852. The highest BCUT2D eigenvalue weighted by molar-refractivity contribution is 5.85. The predicted octanol–water partition coefficient (Wildman–Crippen LogP) is 2.00. The van der Waals surface area contributed by atoms with Crippen LogP contribution in [0.25, 0.3) is 0 Å². The molecule has 1 aromatic rings. The van der Waals surface area contributed by atoms with E-state index in [2.05, 4.69) is 5.32 Å². The molecule has 0 heterocycles. The van der Waals surface area contributed by atoms with Gasteiger partial charge in [-0.2, -0.15) is 0 Å². The third kappa shape index (κ3) is 3.98. The molecule has 0 radical (unpaired) electrons. The summed E-state index contributed by atoms with van der Waals surface area (Å²) in [7, 11) is 1.64. The second-order valence-corrected chi connectivity index (χ2v) is 5.14. The third-order valence-corrected chi connectivity index (χ3v) is 2.97. The maximum Gasteiger partial charge on any atom is 0.328 e. The van der Waals surface area contributed by atoms with Gasteiger partial charge in [-0.3, -0.25) is 0 Å². The third-order valence-electron chi connectivity index (χ3n) is 2.97. The van der Waals surface area contributed by atoms with Crippen molar-refractivity contribution in [3.8, 4) is 0 Å². The van der Waals surface area contributed by atoms with Gasteiger partial charge in [0.25, 0.3) is 0 Å². The summed E-state index contributed by atoms with van der Waals surface area (Å²) in [5.74, 6) is -1.06. The lowest BCUT2D eigenvalue weighted by atomic mass is 10.1. The van der Waals surface area contributed by atoms with Crippen LogP contribution in [0.4, 0.5) is 4.79 Å². The van der Waals surface area contributed by atoms with Gasteiger partial charge in [-0.15, -0.1) is 0 Å². The van der Waals surface area contributed by atoms with Gasteiger partial charge in [0.2, 0.25) is 0 Å². The molecule has 0 aliphatic heterocycles. The van der Waals surface area contributed by atoms with Gasteiger partial charge in [-0.1, -0.05) is 24.3 Å². The van der Waals surface area contributed by atoms with Crippen molar-refractivity contribution in [2.75, 3.05) is 7.05 Å². The molecule has 5 heteroatoms. The van der Waals surface area contributed by atoms with Crippen molar-refractivity contribution in [3.63, 3.8) is 0 Å². The quantitative estimate of drug-likeness (QED) is 0.874. The van der Waals surface area contributed by atoms with Crippen molar-refractivity contribution in [1.29, 1.82) is 0 Å². The van der Waals surface area contributed by atoms with Crippen LogP contribution in [0, 0.1) is 6.92 Å².